The first-order chi connectivity index (χ1) is 7.39. The van der Waals surface area contributed by atoms with E-state index in [-0.39, 0.29) is 5.52 Å². The number of rotatable bonds is 0. The molecule has 0 saturated carbocycles. The van der Waals surface area contributed by atoms with Gasteiger partial charge < -0.3 is 0 Å². The molecule has 0 saturated heterocycles. The number of hydrogen-bond acceptors (Lipinski definition) is 1. The van der Waals surface area contributed by atoms with Crippen LogP contribution < -0.4 is 0 Å². The van der Waals surface area contributed by atoms with Gasteiger partial charge in [-0.05, 0) is 28.1 Å². The minimum absolute atomic E-state index is 0.225. The Balaban J connectivity index is 2.70. The zero-order valence-electron chi connectivity index (χ0n) is 7.65. The van der Waals surface area contributed by atoms with E-state index in [1.807, 2.05) is 0 Å². The van der Waals surface area contributed by atoms with E-state index in [9.17, 15) is 13.2 Å². The van der Waals surface area contributed by atoms with Gasteiger partial charge in [-0.2, -0.15) is 13.2 Å². The maximum Gasteiger partial charge on any atom is 0.416 e. The number of aromatic nitrogens is 1. The Morgan fingerprint density at radius 3 is 2.56 bits per heavy atom. The Hall–Kier alpha value is -0.810. The number of nitrogens with zero attached hydrogens (tertiary/aromatic N) is 1. The molecule has 0 radical (unpaired) electrons. The second kappa shape index (κ2) is 3.89. The molecule has 0 aliphatic carbocycles. The molecule has 1 aromatic heterocycles. The van der Waals surface area contributed by atoms with Crippen LogP contribution in [0.5, 0.6) is 0 Å². The van der Waals surface area contributed by atoms with E-state index in [1.165, 1.54) is 12.3 Å². The van der Waals surface area contributed by atoms with Crippen molar-refractivity contribution in [3.05, 3.63) is 39.5 Å². The van der Waals surface area contributed by atoms with Crippen LogP contribution in [0.4, 0.5) is 13.2 Å². The Bertz CT molecular complexity index is 553. The average Bonchev–Trinajstić information content (AvgIpc) is 2.22. The molecule has 0 spiro atoms. The van der Waals surface area contributed by atoms with Gasteiger partial charge in [-0.3, -0.25) is 4.98 Å². The summed E-state index contributed by atoms with van der Waals surface area (Å²) in [6.07, 6.45) is -2.99. The molecular weight excluding hydrogens is 306 g/mol. The van der Waals surface area contributed by atoms with Crippen molar-refractivity contribution in [2.24, 2.45) is 0 Å². The molecule has 0 unspecified atom stereocenters. The van der Waals surface area contributed by atoms with Gasteiger partial charge in [-0.1, -0.05) is 17.7 Å². The van der Waals surface area contributed by atoms with Crippen LogP contribution in [0, 0.1) is 0 Å². The lowest BCUT2D eigenvalue weighted by Crippen LogP contribution is -2.04. The summed E-state index contributed by atoms with van der Waals surface area (Å²) in [5.41, 5.74) is -0.506. The van der Waals surface area contributed by atoms with Crippen LogP contribution in [0.3, 0.4) is 0 Å². The fourth-order valence-corrected chi connectivity index (χ4v) is 1.84. The van der Waals surface area contributed by atoms with Crippen LogP contribution in [-0.4, -0.2) is 4.98 Å². The SMILES string of the molecule is FC(F)(F)c1ccc2c(Cl)c(Br)cnc2c1. The van der Waals surface area contributed by atoms with Crippen molar-refractivity contribution < 1.29 is 13.2 Å². The number of alkyl halides is 3. The zero-order chi connectivity index (χ0) is 11.9. The maximum atomic E-state index is 12.4. The van der Waals surface area contributed by atoms with E-state index in [4.69, 9.17) is 11.6 Å². The molecular formula is C10H4BrClF3N. The van der Waals surface area contributed by atoms with Gasteiger partial charge in [0.15, 0.2) is 0 Å². The molecule has 6 heteroatoms. The Kier molecular flexibility index (Phi) is 2.84. The molecule has 0 bridgehead atoms. The second-order valence-corrected chi connectivity index (χ2v) is 4.38. The summed E-state index contributed by atoms with van der Waals surface area (Å²) in [5, 5.41) is 0.850. The van der Waals surface area contributed by atoms with Crippen LogP contribution >= 0.6 is 27.5 Å². The first kappa shape index (κ1) is 11.7. The van der Waals surface area contributed by atoms with Gasteiger partial charge in [0.1, 0.15) is 0 Å². The summed E-state index contributed by atoms with van der Waals surface area (Å²) in [6.45, 7) is 0. The fourth-order valence-electron chi connectivity index (χ4n) is 1.31. The summed E-state index contributed by atoms with van der Waals surface area (Å²) in [6, 6.07) is 3.29. The van der Waals surface area contributed by atoms with Gasteiger partial charge in [-0.15, -0.1) is 0 Å². The van der Waals surface area contributed by atoms with Crippen molar-refractivity contribution >= 4 is 38.4 Å². The first-order valence-electron chi connectivity index (χ1n) is 4.20. The van der Waals surface area contributed by atoms with Crippen LogP contribution in [0.1, 0.15) is 5.56 Å². The molecule has 0 aliphatic rings. The summed E-state index contributed by atoms with van der Waals surface area (Å²) in [4.78, 5) is 3.88. The smallest absolute Gasteiger partial charge is 0.255 e. The van der Waals surface area contributed by atoms with Crippen molar-refractivity contribution in [3.8, 4) is 0 Å². The van der Waals surface area contributed by atoms with E-state index in [0.717, 1.165) is 12.1 Å². The lowest BCUT2D eigenvalue weighted by Gasteiger charge is -2.08. The molecule has 1 nitrogen and oxygen atoms in total. The topological polar surface area (TPSA) is 12.9 Å². The highest BCUT2D eigenvalue weighted by Crippen LogP contribution is 2.34. The molecule has 0 N–H and O–H groups in total. The van der Waals surface area contributed by atoms with Crippen LogP contribution in [-0.2, 0) is 6.18 Å². The highest BCUT2D eigenvalue weighted by Gasteiger charge is 2.30. The van der Waals surface area contributed by atoms with Crippen molar-refractivity contribution in [1.29, 1.82) is 0 Å². The lowest BCUT2D eigenvalue weighted by atomic mass is 10.1. The number of fused-ring (bicyclic) bond motifs is 1. The van der Waals surface area contributed by atoms with E-state index in [0.29, 0.717) is 14.9 Å². The number of halogens is 5. The molecule has 0 aliphatic heterocycles. The summed E-state index contributed by atoms with van der Waals surface area (Å²) in [5.74, 6) is 0. The third-order valence-electron chi connectivity index (χ3n) is 2.09. The van der Waals surface area contributed by atoms with E-state index in [1.54, 1.807) is 0 Å². The molecule has 1 heterocycles. The van der Waals surface area contributed by atoms with Gasteiger partial charge in [-0.25, -0.2) is 0 Å². The molecule has 0 atom stereocenters. The van der Waals surface area contributed by atoms with Crippen molar-refractivity contribution in [3.63, 3.8) is 0 Å². The van der Waals surface area contributed by atoms with Crippen molar-refractivity contribution in [1.82, 2.24) is 4.98 Å². The summed E-state index contributed by atoms with van der Waals surface area (Å²) >= 11 is 9.08. The van der Waals surface area contributed by atoms with Crippen molar-refractivity contribution in [2.75, 3.05) is 0 Å². The summed E-state index contributed by atoms with van der Waals surface area (Å²) in [7, 11) is 0. The standard InChI is InChI=1S/C10H4BrClF3N/c11-7-4-16-8-3-5(10(13,14)15)1-2-6(8)9(7)12/h1-4H. The van der Waals surface area contributed by atoms with Gasteiger partial charge >= 0.3 is 6.18 Å². The third-order valence-corrected chi connectivity index (χ3v) is 3.32. The average molecular weight is 310 g/mol. The molecule has 2 rings (SSSR count). The number of hydrogen-bond donors (Lipinski definition) is 0. The predicted octanol–water partition coefficient (Wildman–Crippen LogP) is 4.67. The Morgan fingerprint density at radius 1 is 1.25 bits per heavy atom. The monoisotopic (exact) mass is 309 g/mol. The largest absolute Gasteiger partial charge is 0.416 e. The zero-order valence-corrected chi connectivity index (χ0v) is 9.99. The predicted molar refractivity (Wildman–Crippen MR) is 59.5 cm³/mol. The molecule has 1 aromatic carbocycles. The van der Waals surface area contributed by atoms with Gasteiger partial charge in [0, 0.05) is 11.6 Å². The lowest BCUT2D eigenvalue weighted by molar-refractivity contribution is -0.137. The number of benzene rings is 1. The Morgan fingerprint density at radius 2 is 1.94 bits per heavy atom. The van der Waals surface area contributed by atoms with Crippen LogP contribution in [0.25, 0.3) is 10.9 Å². The van der Waals surface area contributed by atoms with E-state index in [2.05, 4.69) is 20.9 Å². The number of pyridine rings is 1. The molecule has 16 heavy (non-hydrogen) atoms. The third kappa shape index (κ3) is 2.01. The molecule has 0 amide bonds. The van der Waals surface area contributed by atoms with Crippen LogP contribution in [0.2, 0.25) is 5.02 Å². The normalized spacial score (nSPS) is 12.1. The Labute approximate surface area is 102 Å². The summed E-state index contributed by atoms with van der Waals surface area (Å²) < 4.78 is 37.8. The molecule has 84 valence electrons. The van der Waals surface area contributed by atoms with Gasteiger partial charge in [0.2, 0.25) is 0 Å². The maximum absolute atomic E-state index is 12.4. The first-order valence-corrected chi connectivity index (χ1v) is 5.37. The molecule has 2 aromatic rings. The highest BCUT2D eigenvalue weighted by atomic mass is 79.9. The van der Waals surface area contributed by atoms with Crippen LogP contribution in [0.15, 0.2) is 28.9 Å². The van der Waals surface area contributed by atoms with Gasteiger partial charge in [0.05, 0.1) is 20.6 Å². The van der Waals surface area contributed by atoms with E-state index < -0.39 is 11.7 Å². The quantitative estimate of drug-likeness (QED) is 0.689. The van der Waals surface area contributed by atoms with Crippen molar-refractivity contribution in [2.45, 2.75) is 6.18 Å². The minimum Gasteiger partial charge on any atom is -0.255 e. The highest BCUT2D eigenvalue weighted by molar-refractivity contribution is 9.10. The second-order valence-electron chi connectivity index (χ2n) is 3.15. The minimum atomic E-state index is -4.37. The fraction of sp³-hybridized carbons (Fsp3) is 0.100. The van der Waals surface area contributed by atoms with E-state index >= 15 is 0 Å². The van der Waals surface area contributed by atoms with Gasteiger partial charge in [0.25, 0.3) is 0 Å². The molecule has 0 fully saturated rings.